The molecule has 2 amide bonds. The van der Waals surface area contributed by atoms with Gasteiger partial charge in [0.05, 0.1) is 30.6 Å². The Morgan fingerprint density at radius 2 is 1.82 bits per heavy atom. The highest BCUT2D eigenvalue weighted by Gasteiger charge is 2.44. The number of amides is 2. The first-order valence-corrected chi connectivity index (χ1v) is 11.0. The highest BCUT2D eigenvalue weighted by atomic mass is 19.1. The van der Waals surface area contributed by atoms with Crippen molar-refractivity contribution >= 4 is 23.4 Å². The number of aliphatic imine (C=N–C) groups is 1. The minimum absolute atomic E-state index is 0.0452. The first kappa shape index (κ1) is 21.4. The Kier molecular flexibility index (Phi) is 5.75. The van der Waals surface area contributed by atoms with Crippen LogP contribution < -0.4 is 5.32 Å². The lowest BCUT2D eigenvalue weighted by Gasteiger charge is -2.37. The topological polar surface area (TPSA) is 122 Å². The fraction of sp³-hybridized carbons (Fsp3) is 0.524. The van der Waals surface area contributed by atoms with Crippen molar-refractivity contribution in [3.05, 3.63) is 36.2 Å². The molecule has 2 atom stereocenters. The summed E-state index contributed by atoms with van der Waals surface area (Å²) in [5.41, 5.74) is 0.0481. The lowest BCUT2D eigenvalue weighted by Crippen LogP contribution is -2.54. The second-order valence-corrected chi connectivity index (χ2v) is 8.40. The Bertz CT molecular complexity index is 1040. The van der Waals surface area contributed by atoms with Gasteiger partial charge in [-0.3, -0.25) is 14.4 Å². The number of piperazine rings is 1. The van der Waals surface area contributed by atoms with Crippen LogP contribution in [0.5, 0.6) is 0 Å². The number of nitrogens with zero attached hydrogens (tertiary/aromatic N) is 6. The van der Waals surface area contributed by atoms with Gasteiger partial charge in [-0.15, -0.1) is 5.10 Å². The van der Waals surface area contributed by atoms with Gasteiger partial charge in [-0.25, -0.2) is 14.1 Å². The molecule has 33 heavy (non-hydrogen) atoms. The summed E-state index contributed by atoms with van der Waals surface area (Å²) in [5.74, 6) is -2.61. The number of carbonyl (C=O) groups is 3. The minimum atomic E-state index is -0.963. The lowest BCUT2D eigenvalue weighted by atomic mass is 9.88. The average Bonchev–Trinajstić information content (AvgIpc) is 3.55. The summed E-state index contributed by atoms with van der Waals surface area (Å²) in [4.78, 5) is 46.0. The monoisotopic (exact) mass is 457 g/mol. The third-order valence-corrected chi connectivity index (χ3v) is 6.55. The molecule has 4 aliphatic rings. The fourth-order valence-corrected chi connectivity index (χ4v) is 4.70. The molecule has 0 bridgehead atoms. The molecular weight excluding hydrogens is 433 g/mol. The molecule has 0 aliphatic carbocycles. The molecule has 5 heterocycles. The van der Waals surface area contributed by atoms with Crippen molar-refractivity contribution in [3.63, 3.8) is 0 Å². The number of aromatic nitrogens is 3. The summed E-state index contributed by atoms with van der Waals surface area (Å²) in [6.45, 7) is 2.44. The van der Waals surface area contributed by atoms with Crippen molar-refractivity contribution in [3.8, 4) is 0 Å². The van der Waals surface area contributed by atoms with E-state index in [0.29, 0.717) is 45.0 Å². The number of rotatable bonds is 3. The van der Waals surface area contributed by atoms with Crippen LogP contribution in [0.15, 0.2) is 41.2 Å². The van der Waals surface area contributed by atoms with Crippen molar-refractivity contribution < 1.29 is 23.5 Å². The summed E-state index contributed by atoms with van der Waals surface area (Å²) >= 11 is 0. The molecule has 11 nitrogen and oxygen atoms in total. The van der Waals surface area contributed by atoms with Gasteiger partial charge in [-0.2, -0.15) is 0 Å². The van der Waals surface area contributed by atoms with E-state index >= 15 is 0 Å². The van der Waals surface area contributed by atoms with Gasteiger partial charge < -0.3 is 19.9 Å². The SMILES string of the molecule is O=C(C(=O)N1CCN(C(=O)C2CCOCC2)CC1)C1=CNC2C(n3ccnn3)=NC=C(F)C12. The standard InChI is InChI=1S/C21H24FN7O4/c22-15-12-24-19(29-4-3-25-26-29)17-16(15)14(11-23-17)18(30)21(32)28-7-5-27(6-8-28)20(31)13-1-9-33-10-2-13/h3-4,11-13,16-17,23H,1-2,5-10H2. The zero-order chi connectivity index (χ0) is 22.9. The Balaban J connectivity index is 1.22. The van der Waals surface area contributed by atoms with E-state index in [2.05, 4.69) is 20.6 Å². The quantitative estimate of drug-likeness (QED) is 0.607. The predicted octanol–water partition coefficient (Wildman–Crippen LogP) is -0.512. The molecule has 2 saturated heterocycles. The van der Waals surface area contributed by atoms with Crippen molar-refractivity contribution in [2.45, 2.75) is 18.9 Å². The summed E-state index contributed by atoms with van der Waals surface area (Å²) in [5, 5.41) is 10.6. The van der Waals surface area contributed by atoms with E-state index in [-0.39, 0.29) is 30.5 Å². The molecule has 1 aromatic heterocycles. The van der Waals surface area contributed by atoms with Crippen LogP contribution in [-0.4, -0.2) is 93.7 Å². The fourth-order valence-electron chi connectivity index (χ4n) is 4.70. The number of hydrogen-bond acceptors (Lipinski definition) is 8. The van der Waals surface area contributed by atoms with Gasteiger partial charge in [-0.05, 0) is 12.8 Å². The first-order chi connectivity index (χ1) is 16.0. The highest BCUT2D eigenvalue weighted by molar-refractivity contribution is 6.43. The van der Waals surface area contributed by atoms with Gasteiger partial charge in [0.2, 0.25) is 11.7 Å². The maximum Gasteiger partial charge on any atom is 0.294 e. The zero-order valence-electron chi connectivity index (χ0n) is 17.9. The van der Waals surface area contributed by atoms with Crippen molar-refractivity contribution in [1.29, 1.82) is 0 Å². The number of carbonyl (C=O) groups excluding carboxylic acids is 3. The zero-order valence-corrected chi connectivity index (χ0v) is 17.9. The van der Waals surface area contributed by atoms with Gasteiger partial charge >= 0.3 is 0 Å². The number of ether oxygens (including phenoxy) is 1. The van der Waals surface area contributed by atoms with Crippen LogP contribution in [0, 0.1) is 11.8 Å². The van der Waals surface area contributed by atoms with Crippen molar-refractivity contribution in [2.24, 2.45) is 16.8 Å². The summed E-state index contributed by atoms with van der Waals surface area (Å²) in [7, 11) is 0. The largest absolute Gasteiger partial charge is 0.381 e. The number of ketones is 1. The van der Waals surface area contributed by atoms with Gasteiger partial charge in [0.25, 0.3) is 5.91 Å². The number of fused-ring (bicyclic) bond motifs is 1. The number of nitrogens with one attached hydrogen (secondary N) is 1. The Labute approximate surface area is 188 Å². The molecule has 0 aromatic carbocycles. The molecule has 12 heteroatoms. The van der Waals surface area contributed by atoms with E-state index in [9.17, 15) is 18.8 Å². The third kappa shape index (κ3) is 3.94. The van der Waals surface area contributed by atoms with Crippen molar-refractivity contribution in [2.75, 3.05) is 39.4 Å². The minimum Gasteiger partial charge on any atom is -0.381 e. The van der Waals surface area contributed by atoms with Crippen LogP contribution in [0.3, 0.4) is 0 Å². The number of Topliss-reactive ketones (excluding diaryl/α,β-unsaturated/α-hetero) is 1. The van der Waals surface area contributed by atoms with Crippen LogP contribution in [0.1, 0.15) is 12.8 Å². The van der Waals surface area contributed by atoms with Gasteiger partial charge in [-0.1, -0.05) is 5.21 Å². The normalized spacial score (nSPS) is 25.5. The van der Waals surface area contributed by atoms with E-state index in [4.69, 9.17) is 4.74 Å². The molecule has 1 N–H and O–H groups in total. The second-order valence-electron chi connectivity index (χ2n) is 8.40. The molecule has 174 valence electrons. The molecule has 2 unspecified atom stereocenters. The highest BCUT2D eigenvalue weighted by Crippen LogP contribution is 2.34. The van der Waals surface area contributed by atoms with Crippen LogP contribution in [-0.2, 0) is 19.1 Å². The Hall–Kier alpha value is -3.41. The molecular formula is C21H24FN7O4. The van der Waals surface area contributed by atoms with E-state index in [1.54, 1.807) is 11.1 Å². The smallest absolute Gasteiger partial charge is 0.294 e. The third-order valence-electron chi connectivity index (χ3n) is 6.55. The Morgan fingerprint density at radius 3 is 2.52 bits per heavy atom. The maximum absolute atomic E-state index is 14.7. The van der Waals surface area contributed by atoms with Gasteiger partial charge in [0, 0.05) is 57.1 Å². The molecule has 0 saturated carbocycles. The predicted molar refractivity (Wildman–Crippen MR) is 112 cm³/mol. The molecule has 0 spiro atoms. The summed E-state index contributed by atoms with van der Waals surface area (Å²) in [6.07, 6.45) is 6.87. The van der Waals surface area contributed by atoms with Crippen LogP contribution in [0.2, 0.25) is 0 Å². The van der Waals surface area contributed by atoms with Crippen LogP contribution in [0.25, 0.3) is 0 Å². The first-order valence-electron chi connectivity index (χ1n) is 11.0. The van der Waals surface area contributed by atoms with Crippen LogP contribution >= 0.6 is 0 Å². The molecule has 5 rings (SSSR count). The second kappa shape index (κ2) is 8.85. The van der Waals surface area contributed by atoms with E-state index in [1.807, 2.05) is 0 Å². The Morgan fingerprint density at radius 1 is 1.09 bits per heavy atom. The average molecular weight is 457 g/mol. The van der Waals surface area contributed by atoms with E-state index < -0.39 is 29.5 Å². The molecule has 4 aliphatic heterocycles. The maximum atomic E-state index is 14.7. The number of halogens is 1. The summed E-state index contributed by atoms with van der Waals surface area (Å²) < 4.78 is 21.4. The van der Waals surface area contributed by atoms with Crippen molar-refractivity contribution in [1.82, 2.24) is 30.1 Å². The number of hydrogen-bond donors (Lipinski definition) is 1. The van der Waals surface area contributed by atoms with Gasteiger partial charge in [0.15, 0.2) is 5.84 Å². The van der Waals surface area contributed by atoms with Gasteiger partial charge in [0.1, 0.15) is 5.83 Å². The van der Waals surface area contributed by atoms with Crippen LogP contribution in [0.4, 0.5) is 4.39 Å². The molecule has 0 radical (unpaired) electrons. The van der Waals surface area contributed by atoms with E-state index in [1.165, 1.54) is 22.0 Å². The summed E-state index contributed by atoms with van der Waals surface area (Å²) in [6, 6.07) is -0.669. The lowest BCUT2D eigenvalue weighted by molar-refractivity contribution is -0.147. The molecule has 1 aromatic rings. The molecule has 2 fully saturated rings. The van der Waals surface area contributed by atoms with E-state index in [0.717, 1.165) is 6.20 Å².